The summed E-state index contributed by atoms with van der Waals surface area (Å²) in [6.07, 6.45) is 0.0665. The standard InChI is InChI=1S/C16H17NO2/c1-12(2)19-15-11-7-6-10-14(15)16(17-18)13-8-4-3-5-9-13/h3-12,18H,1-2H3/b17-16+. The highest BCUT2D eigenvalue weighted by Crippen LogP contribution is 2.23. The largest absolute Gasteiger partial charge is 0.490 e. The van der Waals surface area contributed by atoms with Crippen molar-refractivity contribution in [1.29, 1.82) is 0 Å². The van der Waals surface area contributed by atoms with Crippen molar-refractivity contribution in [3.8, 4) is 5.75 Å². The summed E-state index contributed by atoms with van der Waals surface area (Å²) in [6.45, 7) is 3.93. The Labute approximate surface area is 113 Å². The Morgan fingerprint density at radius 1 is 1.00 bits per heavy atom. The summed E-state index contributed by atoms with van der Waals surface area (Å²) in [5.74, 6) is 0.717. The molecule has 0 bridgehead atoms. The van der Waals surface area contributed by atoms with Crippen LogP contribution in [0.2, 0.25) is 0 Å². The normalized spacial score (nSPS) is 11.6. The summed E-state index contributed by atoms with van der Waals surface area (Å²) in [6, 6.07) is 17.1. The molecule has 0 heterocycles. The van der Waals surface area contributed by atoms with Crippen molar-refractivity contribution < 1.29 is 9.94 Å². The van der Waals surface area contributed by atoms with Crippen LogP contribution in [0.3, 0.4) is 0 Å². The molecule has 0 saturated carbocycles. The van der Waals surface area contributed by atoms with Gasteiger partial charge in [-0.05, 0) is 26.0 Å². The molecular formula is C16H17NO2. The van der Waals surface area contributed by atoms with Gasteiger partial charge >= 0.3 is 0 Å². The Bertz CT molecular complexity index is 562. The van der Waals surface area contributed by atoms with Gasteiger partial charge in [-0.15, -0.1) is 0 Å². The predicted molar refractivity (Wildman–Crippen MR) is 76.1 cm³/mol. The lowest BCUT2D eigenvalue weighted by Crippen LogP contribution is -2.11. The number of ether oxygens (including phenoxy) is 1. The summed E-state index contributed by atoms with van der Waals surface area (Å²) >= 11 is 0. The van der Waals surface area contributed by atoms with Crippen LogP contribution in [0.5, 0.6) is 5.75 Å². The Kier molecular flexibility index (Phi) is 4.18. The third-order valence-corrected chi connectivity index (χ3v) is 2.65. The van der Waals surface area contributed by atoms with E-state index < -0.39 is 0 Å². The Morgan fingerprint density at radius 3 is 2.26 bits per heavy atom. The second kappa shape index (κ2) is 6.05. The molecule has 0 fully saturated rings. The van der Waals surface area contributed by atoms with Gasteiger partial charge in [-0.25, -0.2) is 0 Å². The third-order valence-electron chi connectivity index (χ3n) is 2.65. The first-order valence-electron chi connectivity index (χ1n) is 6.26. The number of hydrogen-bond acceptors (Lipinski definition) is 3. The summed E-state index contributed by atoms with van der Waals surface area (Å²) in [4.78, 5) is 0. The zero-order valence-electron chi connectivity index (χ0n) is 11.1. The molecule has 0 atom stereocenters. The first-order valence-corrected chi connectivity index (χ1v) is 6.26. The van der Waals surface area contributed by atoms with Gasteiger partial charge in [0, 0.05) is 11.1 Å². The molecule has 2 rings (SSSR count). The second-order valence-electron chi connectivity index (χ2n) is 4.48. The molecule has 0 aliphatic carbocycles. The zero-order chi connectivity index (χ0) is 13.7. The van der Waals surface area contributed by atoms with Crippen molar-refractivity contribution in [3.63, 3.8) is 0 Å². The van der Waals surface area contributed by atoms with Gasteiger partial charge in [0.2, 0.25) is 0 Å². The SMILES string of the molecule is CC(C)Oc1ccccc1/C(=N/O)c1ccccc1. The van der Waals surface area contributed by atoms with E-state index >= 15 is 0 Å². The summed E-state index contributed by atoms with van der Waals surface area (Å²) in [5.41, 5.74) is 2.14. The van der Waals surface area contributed by atoms with E-state index in [-0.39, 0.29) is 6.10 Å². The molecule has 98 valence electrons. The average molecular weight is 255 g/mol. The molecule has 0 aliphatic heterocycles. The van der Waals surface area contributed by atoms with Gasteiger partial charge in [0.1, 0.15) is 11.5 Å². The first kappa shape index (κ1) is 13.1. The number of hydrogen-bond donors (Lipinski definition) is 1. The second-order valence-corrected chi connectivity index (χ2v) is 4.48. The van der Waals surface area contributed by atoms with Crippen molar-refractivity contribution in [2.75, 3.05) is 0 Å². The Balaban J connectivity index is 2.45. The molecule has 19 heavy (non-hydrogen) atoms. The van der Waals surface area contributed by atoms with Crippen molar-refractivity contribution >= 4 is 5.71 Å². The van der Waals surface area contributed by atoms with Crippen LogP contribution in [0.15, 0.2) is 59.8 Å². The first-order chi connectivity index (χ1) is 9.22. The van der Waals surface area contributed by atoms with E-state index in [2.05, 4.69) is 5.16 Å². The average Bonchev–Trinajstić information content (AvgIpc) is 2.42. The molecule has 0 radical (unpaired) electrons. The predicted octanol–water partition coefficient (Wildman–Crippen LogP) is 3.70. The number of para-hydroxylation sites is 1. The lowest BCUT2D eigenvalue weighted by molar-refractivity contribution is 0.241. The summed E-state index contributed by atoms with van der Waals surface area (Å²) in [7, 11) is 0. The van der Waals surface area contributed by atoms with Crippen molar-refractivity contribution in [2.24, 2.45) is 5.16 Å². The zero-order valence-corrected chi connectivity index (χ0v) is 11.1. The highest BCUT2D eigenvalue weighted by atomic mass is 16.5. The maximum Gasteiger partial charge on any atom is 0.129 e. The highest BCUT2D eigenvalue weighted by molar-refractivity contribution is 6.14. The van der Waals surface area contributed by atoms with E-state index in [9.17, 15) is 5.21 Å². The van der Waals surface area contributed by atoms with E-state index in [1.807, 2.05) is 68.4 Å². The molecule has 3 heteroatoms. The number of benzene rings is 2. The van der Waals surface area contributed by atoms with E-state index in [1.165, 1.54) is 0 Å². The smallest absolute Gasteiger partial charge is 0.129 e. The fourth-order valence-electron chi connectivity index (χ4n) is 1.88. The van der Waals surface area contributed by atoms with Crippen LogP contribution >= 0.6 is 0 Å². The van der Waals surface area contributed by atoms with Crippen LogP contribution in [0.25, 0.3) is 0 Å². The van der Waals surface area contributed by atoms with E-state index in [0.29, 0.717) is 11.5 Å². The van der Waals surface area contributed by atoms with Crippen molar-refractivity contribution in [1.82, 2.24) is 0 Å². The van der Waals surface area contributed by atoms with Crippen LogP contribution in [0.4, 0.5) is 0 Å². The molecule has 2 aromatic rings. The van der Waals surface area contributed by atoms with Crippen molar-refractivity contribution in [3.05, 3.63) is 65.7 Å². The third kappa shape index (κ3) is 3.13. The van der Waals surface area contributed by atoms with Crippen LogP contribution in [-0.2, 0) is 0 Å². The minimum atomic E-state index is 0.0665. The minimum absolute atomic E-state index is 0.0665. The monoisotopic (exact) mass is 255 g/mol. The summed E-state index contributed by atoms with van der Waals surface area (Å²) in [5, 5.41) is 12.8. The van der Waals surface area contributed by atoms with Gasteiger partial charge in [-0.3, -0.25) is 0 Å². The number of oxime groups is 1. The number of rotatable bonds is 4. The Hall–Kier alpha value is -2.29. The molecule has 2 aromatic carbocycles. The highest BCUT2D eigenvalue weighted by Gasteiger charge is 2.13. The van der Waals surface area contributed by atoms with Crippen molar-refractivity contribution in [2.45, 2.75) is 20.0 Å². The van der Waals surface area contributed by atoms with Crippen LogP contribution in [-0.4, -0.2) is 17.0 Å². The van der Waals surface area contributed by atoms with E-state index in [1.54, 1.807) is 0 Å². The quantitative estimate of drug-likeness (QED) is 0.514. The maximum atomic E-state index is 9.32. The van der Waals surface area contributed by atoms with Crippen LogP contribution in [0.1, 0.15) is 25.0 Å². The van der Waals surface area contributed by atoms with Gasteiger partial charge in [0.05, 0.1) is 6.10 Å². The molecule has 0 spiro atoms. The molecular weight excluding hydrogens is 238 g/mol. The molecule has 3 nitrogen and oxygen atoms in total. The van der Waals surface area contributed by atoms with E-state index in [4.69, 9.17) is 4.74 Å². The fourth-order valence-corrected chi connectivity index (χ4v) is 1.88. The van der Waals surface area contributed by atoms with Crippen LogP contribution in [0, 0.1) is 0 Å². The molecule has 0 amide bonds. The molecule has 1 N–H and O–H groups in total. The maximum absolute atomic E-state index is 9.32. The van der Waals surface area contributed by atoms with E-state index in [0.717, 1.165) is 11.1 Å². The lowest BCUT2D eigenvalue weighted by Gasteiger charge is -2.14. The molecule has 0 aromatic heterocycles. The fraction of sp³-hybridized carbons (Fsp3) is 0.188. The number of nitrogens with zero attached hydrogens (tertiary/aromatic N) is 1. The Morgan fingerprint density at radius 2 is 1.63 bits per heavy atom. The van der Waals surface area contributed by atoms with Gasteiger partial charge in [0.15, 0.2) is 0 Å². The molecule has 0 unspecified atom stereocenters. The lowest BCUT2D eigenvalue weighted by atomic mass is 10.0. The summed E-state index contributed by atoms with van der Waals surface area (Å²) < 4.78 is 5.76. The van der Waals surface area contributed by atoms with Gasteiger partial charge in [-0.2, -0.15) is 0 Å². The van der Waals surface area contributed by atoms with Gasteiger partial charge in [0.25, 0.3) is 0 Å². The van der Waals surface area contributed by atoms with Crippen LogP contribution < -0.4 is 4.74 Å². The topological polar surface area (TPSA) is 41.8 Å². The van der Waals surface area contributed by atoms with Gasteiger partial charge < -0.3 is 9.94 Å². The minimum Gasteiger partial charge on any atom is -0.490 e. The van der Waals surface area contributed by atoms with Gasteiger partial charge in [-0.1, -0.05) is 47.6 Å². The molecule has 0 aliphatic rings. The molecule has 0 saturated heterocycles.